The van der Waals surface area contributed by atoms with Crippen molar-refractivity contribution in [2.45, 2.75) is 76.8 Å². The molecule has 33 heavy (non-hydrogen) atoms. The van der Waals surface area contributed by atoms with Crippen LogP contribution >= 0.6 is 0 Å². The van der Waals surface area contributed by atoms with Gasteiger partial charge in [0, 0.05) is 24.1 Å². The van der Waals surface area contributed by atoms with E-state index in [1.54, 1.807) is 34.6 Å². The van der Waals surface area contributed by atoms with Gasteiger partial charge in [0.15, 0.2) is 0 Å². The van der Waals surface area contributed by atoms with Gasteiger partial charge in [-0.3, -0.25) is 14.8 Å². The van der Waals surface area contributed by atoms with Gasteiger partial charge >= 0.3 is 12.3 Å². The molecule has 3 atom stereocenters. The number of alkyl halides is 3. The van der Waals surface area contributed by atoms with Crippen LogP contribution in [0.5, 0.6) is 0 Å². The summed E-state index contributed by atoms with van der Waals surface area (Å²) in [6, 6.07) is -1.09. The highest BCUT2D eigenvalue weighted by molar-refractivity contribution is 7.93. The molecular weight excluding hydrogens is 465 g/mol. The molecular formula is C20H29F3N4O5S. The van der Waals surface area contributed by atoms with Crippen LogP contribution in [0.1, 0.15) is 64.8 Å². The number of nitrogens with zero attached hydrogens (tertiary/aromatic N) is 3. The SMILES string of the molecule is CC(C)c1cnc(C(O)(CCS2(=O)=NC(=O)C(NC(=O)OC(C)(C)C)CC2)C(F)(F)F)cn1. The number of ether oxygens (including phenoxy) is 1. The Morgan fingerprint density at radius 3 is 2.36 bits per heavy atom. The number of hydrogen-bond donors (Lipinski definition) is 2. The lowest BCUT2D eigenvalue weighted by atomic mass is 9.96. The summed E-state index contributed by atoms with van der Waals surface area (Å²) in [5, 5.41) is 12.8. The number of aliphatic hydroxyl groups is 1. The van der Waals surface area contributed by atoms with Crippen LogP contribution in [-0.2, 0) is 24.9 Å². The van der Waals surface area contributed by atoms with E-state index in [0.717, 1.165) is 12.4 Å². The summed E-state index contributed by atoms with van der Waals surface area (Å²) in [4.78, 5) is 31.8. The van der Waals surface area contributed by atoms with Crippen LogP contribution in [0.15, 0.2) is 16.8 Å². The fraction of sp³-hybridized carbons (Fsp3) is 0.700. The number of rotatable bonds is 6. The Morgan fingerprint density at radius 1 is 1.27 bits per heavy atom. The highest BCUT2D eigenvalue weighted by atomic mass is 32.2. The van der Waals surface area contributed by atoms with Crippen molar-refractivity contribution in [3.05, 3.63) is 23.8 Å². The predicted octanol–water partition coefficient (Wildman–Crippen LogP) is 3.03. The summed E-state index contributed by atoms with van der Waals surface area (Å²) in [6.45, 7) is 8.48. The van der Waals surface area contributed by atoms with Crippen molar-refractivity contribution < 1.29 is 36.8 Å². The van der Waals surface area contributed by atoms with Crippen LogP contribution in [0.4, 0.5) is 18.0 Å². The fourth-order valence-electron chi connectivity index (χ4n) is 3.00. The van der Waals surface area contributed by atoms with E-state index < -0.39 is 63.0 Å². The lowest BCUT2D eigenvalue weighted by Crippen LogP contribution is -2.47. The van der Waals surface area contributed by atoms with E-state index in [-0.39, 0.29) is 18.1 Å². The van der Waals surface area contributed by atoms with Crippen LogP contribution < -0.4 is 5.32 Å². The minimum absolute atomic E-state index is 0.0748. The van der Waals surface area contributed by atoms with E-state index >= 15 is 0 Å². The van der Waals surface area contributed by atoms with Crippen LogP contribution in [0.3, 0.4) is 0 Å². The molecule has 0 bridgehead atoms. The van der Waals surface area contributed by atoms with E-state index in [4.69, 9.17) is 4.74 Å². The second-order valence-electron chi connectivity index (χ2n) is 9.19. The molecule has 1 aromatic rings. The molecule has 2 rings (SSSR count). The number of hydrogen-bond acceptors (Lipinski definition) is 7. The minimum atomic E-state index is -5.13. The van der Waals surface area contributed by atoms with E-state index in [9.17, 15) is 32.1 Å². The van der Waals surface area contributed by atoms with Gasteiger partial charge < -0.3 is 15.2 Å². The van der Waals surface area contributed by atoms with Crippen LogP contribution in [-0.4, -0.2) is 60.6 Å². The summed E-state index contributed by atoms with van der Waals surface area (Å²) in [5.41, 5.74) is -4.49. The largest absolute Gasteiger partial charge is 0.444 e. The standard InChI is InChI=1S/C20H29F3N4O5S/c1-12(2)14-10-25-15(11-24-14)19(30,20(21,22)23)7-9-33(31)8-6-13(16(28)27-33)26-17(29)32-18(3,4)5/h10-13,30H,6-9H2,1-5H3,(H,26,29). The zero-order chi connectivity index (χ0) is 25.2. The molecule has 0 aromatic carbocycles. The maximum Gasteiger partial charge on any atom is 0.423 e. The Morgan fingerprint density at radius 2 is 1.91 bits per heavy atom. The highest BCUT2D eigenvalue weighted by Crippen LogP contribution is 2.41. The van der Waals surface area contributed by atoms with Crippen LogP contribution in [0.25, 0.3) is 0 Å². The normalized spacial score (nSPS) is 23.6. The number of amides is 2. The first-order chi connectivity index (χ1) is 15.0. The van der Waals surface area contributed by atoms with Gasteiger partial charge in [0.2, 0.25) is 5.60 Å². The molecule has 0 spiro atoms. The number of aromatic nitrogens is 2. The van der Waals surface area contributed by atoms with Crippen molar-refractivity contribution in [2.75, 3.05) is 11.5 Å². The summed E-state index contributed by atoms with van der Waals surface area (Å²) < 4.78 is 62.9. The molecule has 2 amide bonds. The number of alkyl carbamates (subject to hydrolysis) is 1. The minimum Gasteiger partial charge on any atom is -0.444 e. The van der Waals surface area contributed by atoms with E-state index in [1.807, 2.05) is 0 Å². The topological polar surface area (TPSA) is 131 Å². The Hall–Kier alpha value is -2.28. The van der Waals surface area contributed by atoms with Gasteiger partial charge in [-0.2, -0.15) is 17.5 Å². The summed E-state index contributed by atoms with van der Waals surface area (Å²) >= 11 is 0. The van der Waals surface area contributed by atoms with Gasteiger partial charge in [-0.1, -0.05) is 13.8 Å². The second-order valence-corrected chi connectivity index (χ2v) is 11.7. The van der Waals surface area contributed by atoms with Crippen molar-refractivity contribution in [1.29, 1.82) is 0 Å². The van der Waals surface area contributed by atoms with Gasteiger partial charge in [-0.05, 0) is 33.1 Å². The Bertz CT molecular complexity index is 998. The Kier molecular flexibility index (Phi) is 7.79. The van der Waals surface area contributed by atoms with Crippen LogP contribution in [0.2, 0.25) is 0 Å². The molecule has 0 saturated carbocycles. The molecule has 2 heterocycles. The smallest absolute Gasteiger partial charge is 0.423 e. The number of halogens is 3. The number of carbonyl (C=O) groups excluding carboxylic acids is 2. The first-order valence-electron chi connectivity index (χ1n) is 10.3. The van der Waals surface area contributed by atoms with Gasteiger partial charge in [0.05, 0.1) is 27.3 Å². The lowest BCUT2D eigenvalue weighted by molar-refractivity contribution is -0.269. The first-order valence-corrected chi connectivity index (χ1v) is 12.2. The third-order valence-corrected chi connectivity index (χ3v) is 7.14. The average Bonchev–Trinajstić information content (AvgIpc) is 2.66. The van der Waals surface area contributed by atoms with E-state index in [2.05, 4.69) is 19.6 Å². The Labute approximate surface area is 190 Å². The summed E-state index contributed by atoms with van der Waals surface area (Å²) in [6.07, 6.45) is -5.10. The molecule has 2 N–H and O–H groups in total. The van der Waals surface area contributed by atoms with Crippen LogP contribution in [0, 0.1) is 0 Å². The third-order valence-electron chi connectivity index (χ3n) is 4.91. The van der Waals surface area contributed by atoms with Gasteiger partial charge in [0.25, 0.3) is 5.91 Å². The summed E-state index contributed by atoms with van der Waals surface area (Å²) in [7, 11) is -3.39. The van der Waals surface area contributed by atoms with Crippen molar-refractivity contribution in [3.8, 4) is 0 Å². The van der Waals surface area contributed by atoms with Gasteiger partial charge in [0.1, 0.15) is 11.6 Å². The quantitative estimate of drug-likeness (QED) is 0.621. The zero-order valence-corrected chi connectivity index (χ0v) is 19.9. The zero-order valence-electron chi connectivity index (χ0n) is 19.1. The predicted molar refractivity (Wildman–Crippen MR) is 114 cm³/mol. The number of nitrogens with one attached hydrogen (secondary N) is 1. The highest BCUT2D eigenvalue weighted by Gasteiger charge is 2.56. The third kappa shape index (κ3) is 6.85. The van der Waals surface area contributed by atoms with Crippen molar-refractivity contribution in [1.82, 2.24) is 15.3 Å². The average molecular weight is 495 g/mol. The molecule has 1 aliphatic heterocycles. The maximum absolute atomic E-state index is 13.8. The number of carbonyl (C=O) groups is 2. The van der Waals surface area contributed by atoms with Crippen molar-refractivity contribution >= 4 is 21.7 Å². The first kappa shape index (κ1) is 27.0. The van der Waals surface area contributed by atoms with Gasteiger partial charge in [-0.25, -0.2) is 9.00 Å². The molecule has 0 fully saturated rings. The fourth-order valence-corrected chi connectivity index (χ4v) is 5.06. The van der Waals surface area contributed by atoms with Gasteiger partial charge in [-0.15, -0.1) is 0 Å². The second kappa shape index (κ2) is 9.53. The van der Waals surface area contributed by atoms with Crippen molar-refractivity contribution in [3.63, 3.8) is 0 Å². The molecule has 0 radical (unpaired) electrons. The molecule has 3 unspecified atom stereocenters. The molecule has 13 heteroatoms. The Balaban J connectivity index is 2.18. The van der Waals surface area contributed by atoms with E-state index in [1.165, 1.54) is 0 Å². The molecule has 0 saturated heterocycles. The molecule has 1 aromatic heterocycles. The summed E-state index contributed by atoms with van der Waals surface area (Å²) in [5.74, 6) is -1.92. The molecule has 9 nitrogen and oxygen atoms in total. The maximum atomic E-state index is 13.8. The van der Waals surface area contributed by atoms with Crippen molar-refractivity contribution in [2.24, 2.45) is 4.36 Å². The monoisotopic (exact) mass is 494 g/mol. The molecule has 1 aliphatic rings. The lowest BCUT2D eigenvalue weighted by Gasteiger charge is -2.31. The molecule has 186 valence electrons. The van der Waals surface area contributed by atoms with E-state index in [0.29, 0.717) is 5.69 Å². The molecule has 0 aliphatic carbocycles.